The van der Waals surface area contributed by atoms with E-state index in [9.17, 15) is 19.2 Å². The molecule has 0 atom stereocenters. The van der Waals surface area contributed by atoms with Crippen LogP contribution in [-0.2, 0) is 19.0 Å². The van der Waals surface area contributed by atoms with Crippen LogP contribution in [0.5, 0.6) is 0 Å². The second-order valence-corrected chi connectivity index (χ2v) is 6.59. The van der Waals surface area contributed by atoms with Crippen LogP contribution in [0.1, 0.15) is 49.8 Å². The Kier molecular flexibility index (Phi) is 7.84. The highest BCUT2D eigenvalue weighted by atomic mass is 32.1. The van der Waals surface area contributed by atoms with Crippen molar-refractivity contribution >= 4 is 40.2 Å². The summed E-state index contributed by atoms with van der Waals surface area (Å²) in [5.74, 6) is -2.68. The van der Waals surface area contributed by atoms with Crippen LogP contribution in [0.15, 0.2) is 24.5 Å². The molecule has 0 bridgehead atoms. The third-order valence-electron chi connectivity index (χ3n) is 3.57. The Labute approximate surface area is 171 Å². The zero-order valence-corrected chi connectivity index (χ0v) is 17.0. The lowest BCUT2D eigenvalue weighted by Crippen LogP contribution is -2.21. The molecular weight excluding hydrogens is 400 g/mol. The molecule has 0 saturated carbocycles. The van der Waals surface area contributed by atoms with Crippen molar-refractivity contribution < 1.29 is 33.4 Å². The standard InChI is InChI=1S/C19H20N2O7S/c1-4-26-18(24)14-11(3)15(19(25)27-5-2)29-16(14)21-13(22)10-28-17(23)12-7-6-8-20-9-12/h6-9H,4-5,10H2,1-3H3,(H,21,22). The Bertz CT molecular complexity index is 909. The Balaban J connectivity index is 2.16. The molecule has 0 unspecified atom stereocenters. The van der Waals surface area contributed by atoms with E-state index in [2.05, 4.69) is 10.3 Å². The first kappa shape index (κ1) is 22.0. The maximum atomic E-state index is 12.3. The molecule has 9 nitrogen and oxygen atoms in total. The molecule has 2 heterocycles. The second-order valence-electron chi connectivity index (χ2n) is 5.57. The molecule has 2 rings (SSSR count). The second kappa shape index (κ2) is 10.3. The van der Waals surface area contributed by atoms with E-state index in [0.29, 0.717) is 5.56 Å². The van der Waals surface area contributed by atoms with E-state index < -0.39 is 30.4 Å². The summed E-state index contributed by atoms with van der Waals surface area (Å²) < 4.78 is 14.9. The molecule has 2 aromatic rings. The number of ether oxygens (including phenoxy) is 3. The highest BCUT2D eigenvalue weighted by Crippen LogP contribution is 2.34. The number of esters is 3. The number of hydrogen-bond acceptors (Lipinski definition) is 9. The van der Waals surface area contributed by atoms with E-state index in [1.807, 2.05) is 0 Å². The third-order valence-corrected chi connectivity index (χ3v) is 4.76. The van der Waals surface area contributed by atoms with Gasteiger partial charge in [-0.2, -0.15) is 0 Å². The predicted octanol–water partition coefficient (Wildman–Crippen LogP) is 2.60. The van der Waals surface area contributed by atoms with Crippen molar-refractivity contribution in [3.05, 3.63) is 46.1 Å². The molecule has 29 heavy (non-hydrogen) atoms. The van der Waals surface area contributed by atoms with Crippen molar-refractivity contribution in [3.8, 4) is 0 Å². The molecule has 1 N–H and O–H groups in total. The molecule has 1 amide bonds. The van der Waals surface area contributed by atoms with Crippen molar-refractivity contribution in [2.45, 2.75) is 20.8 Å². The number of nitrogens with zero attached hydrogens (tertiary/aromatic N) is 1. The molecule has 0 aliphatic heterocycles. The van der Waals surface area contributed by atoms with E-state index in [4.69, 9.17) is 14.2 Å². The average Bonchev–Trinajstić information content (AvgIpc) is 3.03. The van der Waals surface area contributed by atoms with Crippen LogP contribution in [0.3, 0.4) is 0 Å². The normalized spacial score (nSPS) is 10.2. The molecule has 0 aromatic carbocycles. The summed E-state index contributed by atoms with van der Waals surface area (Å²) in [4.78, 5) is 52.5. The summed E-state index contributed by atoms with van der Waals surface area (Å²) >= 11 is 0.890. The van der Waals surface area contributed by atoms with Crippen molar-refractivity contribution in [2.75, 3.05) is 25.1 Å². The number of anilines is 1. The number of hydrogen-bond donors (Lipinski definition) is 1. The van der Waals surface area contributed by atoms with Gasteiger partial charge in [0.25, 0.3) is 5.91 Å². The summed E-state index contributed by atoms with van der Waals surface area (Å²) in [6.07, 6.45) is 2.81. The number of pyridine rings is 1. The van der Waals surface area contributed by atoms with E-state index in [1.165, 1.54) is 18.5 Å². The lowest BCUT2D eigenvalue weighted by molar-refractivity contribution is -0.119. The lowest BCUT2D eigenvalue weighted by Gasteiger charge is -2.08. The van der Waals surface area contributed by atoms with Crippen LogP contribution in [0, 0.1) is 6.92 Å². The van der Waals surface area contributed by atoms with Crippen LogP contribution >= 0.6 is 11.3 Å². The average molecular weight is 420 g/mol. The largest absolute Gasteiger partial charge is 0.462 e. The van der Waals surface area contributed by atoms with E-state index in [-0.39, 0.29) is 34.2 Å². The zero-order valence-electron chi connectivity index (χ0n) is 16.1. The maximum absolute atomic E-state index is 12.3. The van der Waals surface area contributed by atoms with Crippen molar-refractivity contribution in [1.82, 2.24) is 4.98 Å². The Morgan fingerprint density at radius 1 is 1.03 bits per heavy atom. The number of carbonyl (C=O) groups excluding carboxylic acids is 4. The van der Waals surface area contributed by atoms with Gasteiger partial charge in [0, 0.05) is 12.4 Å². The quantitative estimate of drug-likeness (QED) is 0.511. The smallest absolute Gasteiger partial charge is 0.348 e. The number of aromatic nitrogens is 1. The van der Waals surface area contributed by atoms with Gasteiger partial charge in [0.15, 0.2) is 6.61 Å². The number of amides is 1. The third kappa shape index (κ3) is 5.61. The summed E-state index contributed by atoms with van der Waals surface area (Å²) in [5, 5.41) is 2.61. The minimum absolute atomic E-state index is 0.0619. The van der Waals surface area contributed by atoms with Gasteiger partial charge in [0.2, 0.25) is 0 Å². The van der Waals surface area contributed by atoms with Gasteiger partial charge in [-0.15, -0.1) is 11.3 Å². The number of rotatable bonds is 8. The topological polar surface area (TPSA) is 121 Å². The van der Waals surface area contributed by atoms with Gasteiger partial charge in [-0.1, -0.05) is 0 Å². The first-order chi connectivity index (χ1) is 13.9. The zero-order chi connectivity index (χ0) is 21.4. The fraction of sp³-hybridized carbons (Fsp3) is 0.316. The molecule has 0 aliphatic carbocycles. The van der Waals surface area contributed by atoms with Crippen LogP contribution in [0.2, 0.25) is 0 Å². The minimum Gasteiger partial charge on any atom is -0.462 e. The molecule has 0 radical (unpaired) electrons. The first-order valence-electron chi connectivity index (χ1n) is 8.73. The summed E-state index contributed by atoms with van der Waals surface area (Å²) in [7, 11) is 0. The molecule has 154 valence electrons. The molecule has 0 saturated heterocycles. The van der Waals surface area contributed by atoms with Gasteiger partial charge >= 0.3 is 17.9 Å². The van der Waals surface area contributed by atoms with Crippen LogP contribution in [0.25, 0.3) is 0 Å². The molecule has 10 heteroatoms. The monoisotopic (exact) mass is 420 g/mol. The van der Waals surface area contributed by atoms with Crippen LogP contribution < -0.4 is 5.32 Å². The Morgan fingerprint density at radius 3 is 2.34 bits per heavy atom. The van der Waals surface area contributed by atoms with Crippen molar-refractivity contribution in [1.29, 1.82) is 0 Å². The SMILES string of the molecule is CCOC(=O)c1sc(NC(=O)COC(=O)c2cccnc2)c(C(=O)OCC)c1C. The lowest BCUT2D eigenvalue weighted by atomic mass is 10.1. The van der Waals surface area contributed by atoms with E-state index in [1.54, 1.807) is 26.8 Å². The summed E-state index contributed by atoms with van der Waals surface area (Å²) in [6, 6.07) is 3.06. The number of thiophene rings is 1. The van der Waals surface area contributed by atoms with Crippen LogP contribution in [0.4, 0.5) is 5.00 Å². The highest BCUT2D eigenvalue weighted by Gasteiger charge is 2.27. The van der Waals surface area contributed by atoms with Gasteiger partial charge in [0.1, 0.15) is 9.88 Å². The molecule has 2 aromatic heterocycles. The predicted molar refractivity (Wildman–Crippen MR) is 104 cm³/mol. The van der Waals surface area contributed by atoms with Gasteiger partial charge in [-0.3, -0.25) is 9.78 Å². The van der Waals surface area contributed by atoms with Crippen molar-refractivity contribution in [2.24, 2.45) is 0 Å². The van der Waals surface area contributed by atoms with E-state index in [0.717, 1.165) is 11.3 Å². The Morgan fingerprint density at radius 2 is 1.72 bits per heavy atom. The summed E-state index contributed by atoms with van der Waals surface area (Å²) in [6.45, 7) is 4.57. The van der Waals surface area contributed by atoms with Gasteiger partial charge < -0.3 is 19.5 Å². The molecule has 0 aliphatic rings. The summed E-state index contributed by atoms with van der Waals surface area (Å²) in [5.41, 5.74) is 0.602. The van der Waals surface area contributed by atoms with Gasteiger partial charge in [0.05, 0.1) is 24.3 Å². The highest BCUT2D eigenvalue weighted by molar-refractivity contribution is 7.18. The molecular formula is C19H20N2O7S. The first-order valence-corrected chi connectivity index (χ1v) is 9.55. The van der Waals surface area contributed by atoms with Gasteiger partial charge in [-0.05, 0) is 38.5 Å². The van der Waals surface area contributed by atoms with E-state index >= 15 is 0 Å². The minimum atomic E-state index is -0.714. The Hall–Kier alpha value is -3.27. The fourth-order valence-corrected chi connectivity index (χ4v) is 3.41. The van der Waals surface area contributed by atoms with Crippen LogP contribution in [-0.4, -0.2) is 48.6 Å². The maximum Gasteiger partial charge on any atom is 0.348 e. The van der Waals surface area contributed by atoms with Gasteiger partial charge in [-0.25, -0.2) is 14.4 Å². The fourth-order valence-electron chi connectivity index (χ4n) is 2.30. The number of nitrogens with one attached hydrogen (secondary N) is 1. The molecule has 0 spiro atoms. The molecule has 0 fully saturated rings. The number of carbonyl (C=O) groups is 4. The van der Waals surface area contributed by atoms with Crippen molar-refractivity contribution in [3.63, 3.8) is 0 Å².